The molecule has 0 spiro atoms. The molecule has 3 rings (SSSR count). The summed E-state index contributed by atoms with van der Waals surface area (Å²) in [6.45, 7) is 4.04. The number of aromatic hydroxyl groups is 1. The number of nitrogens with zero attached hydrogens (tertiary/aromatic N) is 2. The monoisotopic (exact) mass is 254 g/mol. The zero-order chi connectivity index (χ0) is 13.4. The number of rotatable bonds is 2. The lowest BCUT2D eigenvalue weighted by molar-refractivity contribution is 0.475. The van der Waals surface area contributed by atoms with Gasteiger partial charge in [-0.15, -0.1) is 0 Å². The first-order chi connectivity index (χ1) is 9.15. The van der Waals surface area contributed by atoms with Crippen molar-refractivity contribution >= 4 is 22.5 Å². The molecule has 5 nitrogen and oxygen atoms in total. The van der Waals surface area contributed by atoms with Crippen LogP contribution >= 0.6 is 0 Å². The number of hydrogen-bond acceptors (Lipinski definition) is 4. The summed E-state index contributed by atoms with van der Waals surface area (Å²) in [5.74, 6) is 0.953. The number of hydrogen-bond donors (Lipinski definition) is 3. The van der Waals surface area contributed by atoms with Crippen LogP contribution in [0.4, 0.5) is 11.5 Å². The summed E-state index contributed by atoms with van der Waals surface area (Å²) in [6.07, 6.45) is 1.52. The molecule has 0 bridgehead atoms. The van der Waals surface area contributed by atoms with Crippen molar-refractivity contribution in [1.82, 2.24) is 15.0 Å². The molecule has 0 saturated carbocycles. The van der Waals surface area contributed by atoms with Crippen LogP contribution in [-0.4, -0.2) is 20.1 Å². The van der Waals surface area contributed by atoms with Crippen molar-refractivity contribution in [2.75, 3.05) is 5.32 Å². The first-order valence-corrected chi connectivity index (χ1v) is 6.01. The van der Waals surface area contributed by atoms with Crippen LogP contribution in [0.1, 0.15) is 11.3 Å². The van der Waals surface area contributed by atoms with Gasteiger partial charge >= 0.3 is 0 Å². The highest BCUT2D eigenvalue weighted by atomic mass is 16.3. The van der Waals surface area contributed by atoms with E-state index in [2.05, 4.69) is 20.3 Å². The third-order valence-electron chi connectivity index (χ3n) is 3.20. The molecule has 0 atom stereocenters. The van der Waals surface area contributed by atoms with Crippen LogP contribution in [-0.2, 0) is 0 Å². The lowest BCUT2D eigenvalue weighted by atomic mass is 10.2. The number of H-pyrrole nitrogens is 1. The second-order valence-electron chi connectivity index (χ2n) is 4.50. The van der Waals surface area contributed by atoms with Crippen LogP contribution in [0, 0.1) is 13.8 Å². The Morgan fingerprint density at radius 1 is 1.21 bits per heavy atom. The third-order valence-corrected chi connectivity index (χ3v) is 3.20. The van der Waals surface area contributed by atoms with E-state index in [1.165, 1.54) is 6.33 Å². The van der Waals surface area contributed by atoms with Crippen LogP contribution in [0.2, 0.25) is 0 Å². The first kappa shape index (κ1) is 11.5. The lowest BCUT2D eigenvalue weighted by Gasteiger charge is -2.07. The predicted molar refractivity (Wildman–Crippen MR) is 74.8 cm³/mol. The molecule has 0 aliphatic rings. The fourth-order valence-electron chi connectivity index (χ4n) is 2.11. The Hall–Kier alpha value is -2.56. The summed E-state index contributed by atoms with van der Waals surface area (Å²) in [4.78, 5) is 11.7. The number of benzene rings is 1. The van der Waals surface area contributed by atoms with E-state index in [1.54, 1.807) is 18.2 Å². The van der Waals surface area contributed by atoms with E-state index in [1.807, 2.05) is 19.9 Å². The van der Waals surface area contributed by atoms with E-state index >= 15 is 0 Å². The maximum absolute atomic E-state index is 9.48. The summed E-state index contributed by atoms with van der Waals surface area (Å²) in [7, 11) is 0. The Bertz CT molecular complexity index is 748. The molecule has 96 valence electrons. The van der Waals surface area contributed by atoms with Gasteiger partial charge in [0.25, 0.3) is 0 Å². The zero-order valence-corrected chi connectivity index (χ0v) is 10.7. The standard InChI is InChI=1S/C14H14N4O/c1-8-9(2)17-13-12(8)14(16-7-15-13)18-10-4-3-5-11(19)6-10/h3-7,19H,1-2H3,(H2,15,16,17,18). The summed E-state index contributed by atoms with van der Waals surface area (Å²) in [6, 6.07) is 6.95. The molecule has 2 heterocycles. The molecule has 3 N–H and O–H groups in total. The van der Waals surface area contributed by atoms with E-state index in [0.717, 1.165) is 33.8 Å². The smallest absolute Gasteiger partial charge is 0.143 e. The van der Waals surface area contributed by atoms with Crippen LogP contribution in [0.3, 0.4) is 0 Å². The first-order valence-electron chi connectivity index (χ1n) is 6.01. The molecule has 3 aromatic rings. The fourth-order valence-corrected chi connectivity index (χ4v) is 2.11. The van der Waals surface area contributed by atoms with Crippen molar-refractivity contribution in [3.63, 3.8) is 0 Å². The van der Waals surface area contributed by atoms with Crippen molar-refractivity contribution in [3.8, 4) is 5.75 Å². The minimum Gasteiger partial charge on any atom is -0.508 e. The summed E-state index contributed by atoms with van der Waals surface area (Å²) in [5, 5.41) is 13.7. The summed E-state index contributed by atoms with van der Waals surface area (Å²) < 4.78 is 0. The number of aromatic amines is 1. The fraction of sp³-hybridized carbons (Fsp3) is 0.143. The van der Waals surface area contributed by atoms with Crippen molar-refractivity contribution < 1.29 is 5.11 Å². The molecule has 1 aromatic carbocycles. The molecule has 0 saturated heterocycles. The maximum atomic E-state index is 9.48. The Morgan fingerprint density at radius 3 is 2.84 bits per heavy atom. The van der Waals surface area contributed by atoms with Crippen molar-refractivity contribution in [3.05, 3.63) is 41.9 Å². The lowest BCUT2D eigenvalue weighted by Crippen LogP contribution is -1.95. The van der Waals surface area contributed by atoms with E-state index in [4.69, 9.17) is 0 Å². The molecule has 0 amide bonds. The normalized spacial score (nSPS) is 10.8. The molecule has 0 radical (unpaired) electrons. The average Bonchev–Trinajstić information content (AvgIpc) is 2.66. The zero-order valence-electron chi connectivity index (χ0n) is 10.7. The number of anilines is 2. The van der Waals surface area contributed by atoms with Gasteiger partial charge in [0.1, 0.15) is 23.5 Å². The Labute approximate surface area is 110 Å². The topological polar surface area (TPSA) is 73.8 Å². The van der Waals surface area contributed by atoms with Crippen LogP contribution in [0.5, 0.6) is 5.75 Å². The van der Waals surface area contributed by atoms with Gasteiger partial charge in [-0.3, -0.25) is 0 Å². The van der Waals surface area contributed by atoms with Crippen LogP contribution in [0.15, 0.2) is 30.6 Å². The molecular formula is C14H14N4O. The van der Waals surface area contributed by atoms with Crippen LogP contribution in [0.25, 0.3) is 11.0 Å². The van der Waals surface area contributed by atoms with Gasteiger partial charge in [0, 0.05) is 17.4 Å². The van der Waals surface area contributed by atoms with E-state index in [9.17, 15) is 5.11 Å². The van der Waals surface area contributed by atoms with Gasteiger partial charge in [-0.2, -0.15) is 0 Å². The Kier molecular flexibility index (Phi) is 2.59. The highest BCUT2D eigenvalue weighted by molar-refractivity contribution is 5.92. The molecule has 19 heavy (non-hydrogen) atoms. The maximum Gasteiger partial charge on any atom is 0.143 e. The molecule has 0 aliphatic heterocycles. The third kappa shape index (κ3) is 1.99. The molecule has 2 aromatic heterocycles. The summed E-state index contributed by atoms with van der Waals surface area (Å²) in [5.41, 5.74) is 3.80. The second kappa shape index (κ2) is 4.28. The molecule has 0 fully saturated rings. The van der Waals surface area contributed by atoms with E-state index < -0.39 is 0 Å². The highest BCUT2D eigenvalue weighted by Gasteiger charge is 2.11. The van der Waals surface area contributed by atoms with Crippen molar-refractivity contribution in [2.45, 2.75) is 13.8 Å². The number of nitrogens with one attached hydrogen (secondary N) is 2. The number of aryl methyl sites for hydroxylation is 2. The Morgan fingerprint density at radius 2 is 2.05 bits per heavy atom. The van der Waals surface area contributed by atoms with Gasteiger partial charge in [-0.05, 0) is 31.5 Å². The minimum absolute atomic E-state index is 0.220. The number of aromatic nitrogens is 3. The van der Waals surface area contributed by atoms with Gasteiger partial charge in [0.05, 0.1) is 5.39 Å². The van der Waals surface area contributed by atoms with Gasteiger partial charge in [-0.25, -0.2) is 9.97 Å². The summed E-state index contributed by atoms with van der Waals surface area (Å²) >= 11 is 0. The molecule has 0 aliphatic carbocycles. The minimum atomic E-state index is 0.220. The van der Waals surface area contributed by atoms with E-state index in [-0.39, 0.29) is 5.75 Å². The predicted octanol–water partition coefficient (Wildman–Crippen LogP) is 3.02. The van der Waals surface area contributed by atoms with E-state index in [0.29, 0.717) is 0 Å². The molecular weight excluding hydrogens is 240 g/mol. The van der Waals surface area contributed by atoms with Gasteiger partial charge in [0.15, 0.2) is 0 Å². The number of phenolic OH excluding ortho intramolecular Hbond substituents is 1. The van der Waals surface area contributed by atoms with Crippen molar-refractivity contribution in [2.24, 2.45) is 0 Å². The van der Waals surface area contributed by atoms with Gasteiger partial charge in [-0.1, -0.05) is 6.07 Å². The quantitative estimate of drug-likeness (QED) is 0.657. The second-order valence-corrected chi connectivity index (χ2v) is 4.50. The van der Waals surface area contributed by atoms with Crippen LogP contribution < -0.4 is 5.32 Å². The number of phenols is 1. The van der Waals surface area contributed by atoms with Gasteiger partial charge < -0.3 is 15.4 Å². The highest BCUT2D eigenvalue weighted by Crippen LogP contribution is 2.28. The average molecular weight is 254 g/mol. The number of fused-ring (bicyclic) bond motifs is 1. The SMILES string of the molecule is Cc1[nH]c2ncnc(Nc3cccc(O)c3)c2c1C. The molecule has 5 heteroatoms. The Balaban J connectivity index is 2.10. The van der Waals surface area contributed by atoms with Gasteiger partial charge in [0.2, 0.25) is 0 Å². The largest absolute Gasteiger partial charge is 0.508 e. The van der Waals surface area contributed by atoms with Crippen molar-refractivity contribution in [1.29, 1.82) is 0 Å². The molecule has 0 unspecified atom stereocenters.